The lowest BCUT2D eigenvalue weighted by molar-refractivity contribution is -0.495. The minimum atomic E-state index is -7.08. The molecule has 0 rings (SSSR count). The molecule has 0 radical (unpaired) electrons. The van der Waals surface area contributed by atoms with E-state index in [0.29, 0.717) is 0 Å². The molecule has 0 aromatic rings. The molecule has 0 unspecified atom stereocenters. The Bertz CT molecular complexity index is 336. The molecule has 0 bridgehead atoms. The first-order valence-electron chi connectivity index (χ1n) is 4.41. The van der Waals surface area contributed by atoms with Crippen LogP contribution in [0.15, 0.2) is 0 Å². The highest BCUT2D eigenvalue weighted by Crippen LogP contribution is 2.51. The summed E-state index contributed by atoms with van der Waals surface area (Å²) in [6.07, 6.45) is -22.0. The fraction of sp³-hybridized carbons (Fsp3) is 1.00. The maximum atomic E-state index is 12.6. The molecule has 122 valence electrons. The van der Waals surface area contributed by atoms with Gasteiger partial charge in [-0.15, -0.1) is 0 Å². The third kappa shape index (κ3) is 3.59. The van der Waals surface area contributed by atoms with Gasteiger partial charge in [-0.25, -0.2) is 4.74 Å². The van der Waals surface area contributed by atoms with Crippen LogP contribution in [0.4, 0.5) is 48.3 Å². The van der Waals surface area contributed by atoms with Gasteiger partial charge in [-0.2, -0.15) is 60.9 Å². The molecule has 13 heteroatoms. The van der Waals surface area contributed by atoms with E-state index < -0.39 is 42.4 Å². The van der Waals surface area contributed by atoms with Crippen LogP contribution in [0.25, 0.3) is 0 Å². The van der Waals surface area contributed by atoms with E-state index >= 15 is 0 Å². The molecular formula is C7H5F11OS. The van der Waals surface area contributed by atoms with Crippen LogP contribution in [0, 0.1) is 0 Å². The molecule has 0 aromatic heterocycles. The summed E-state index contributed by atoms with van der Waals surface area (Å²) in [6, 6.07) is 0. The SMILES string of the molecule is FC(F)(F)C(F)(F)C(F)(F)OC(F)(F)C(F)(F)CCS. The third-order valence-electron chi connectivity index (χ3n) is 1.83. The van der Waals surface area contributed by atoms with Crippen LogP contribution < -0.4 is 0 Å². The van der Waals surface area contributed by atoms with Gasteiger partial charge in [0.15, 0.2) is 0 Å². The molecule has 0 N–H and O–H groups in total. The summed E-state index contributed by atoms with van der Waals surface area (Å²) >= 11 is 3.08. The van der Waals surface area contributed by atoms with Gasteiger partial charge < -0.3 is 0 Å². The first-order valence-corrected chi connectivity index (χ1v) is 5.04. The molecule has 0 aliphatic rings. The number of alkyl halides is 11. The maximum Gasteiger partial charge on any atom is 0.462 e. The molecule has 0 saturated carbocycles. The molecule has 0 heterocycles. The van der Waals surface area contributed by atoms with Crippen LogP contribution >= 0.6 is 12.6 Å². The number of rotatable bonds is 6. The van der Waals surface area contributed by atoms with E-state index in [2.05, 4.69) is 12.6 Å². The van der Waals surface area contributed by atoms with Crippen molar-refractivity contribution in [3.05, 3.63) is 0 Å². The first-order chi connectivity index (χ1) is 8.52. The van der Waals surface area contributed by atoms with Gasteiger partial charge in [0.25, 0.3) is 0 Å². The molecule has 0 saturated heterocycles. The lowest BCUT2D eigenvalue weighted by Gasteiger charge is -2.33. The van der Waals surface area contributed by atoms with Gasteiger partial charge in [0.2, 0.25) is 0 Å². The van der Waals surface area contributed by atoms with Gasteiger partial charge in [0.1, 0.15) is 0 Å². The van der Waals surface area contributed by atoms with Crippen molar-refractivity contribution >= 4 is 12.6 Å². The highest BCUT2D eigenvalue weighted by Gasteiger charge is 2.78. The minimum absolute atomic E-state index is 0.993. The minimum Gasteiger partial charge on any atom is -0.245 e. The van der Waals surface area contributed by atoms with Gasteiger partial charge in [-0.1, -0.05) is 0 Å². The first kappa shape index (κ1) is 19.5. The summed E-state index contributed by atoms with van der Waals surface area (Å²) < 4.78 is 136. The highest BCUT2D eigenvalue weighted by atomic mass is 32.1. The van der Waals surface area contributed by atoms with E-state index in [0.717, 1.165) is 0 Å². The second-order valence-corrected chi connectivity index (χ2v) is 3.83. The summed E-state index contributed by atoms with van der Waals surface area (Å²) in [5, 5.41) is 0. The molecule has 0 aromatic carbocycles. The van der Waals surface area contributed by atoms with Crippen molar-refractivity contribution in [2.45, 2.75) is 36.7 Å². The Morgan fingerprint density at radius 1 is 0.700 bits per heavy atom. The summed E-state index contributed by atoms with van der Waals surface area (Å²) in [5.74, 6) is -13.5. The van der Waals surface area contributed by atoms with Crippen LogP contribution in [-0.2, 0) is 4.74 Å². The van der Waals surface area contributed by atoms with Crippen LogP contribution in [0.2, 0.25) is 0 Å². The second-order valence-electron chi connectivity index (χ2n) is 3.39. The number of thiol groups is 1. The standard InChI is InChI=1S/C7H5F11OS/c8-3(9,1-2-20)6(15,16)19-7(17,18)4(10,11)5(12,13)14/h20H,1-2H2. The van der Waals surface area contributed by atoms with Crippen LogP contribution in [-0.4, -0.2) is 36.0 Å². The Morgan fingerprint density at radius 3 is 1.40 bits per heavy atom. The Hall–Kier alpha value is -0.460. The lowest BCUT2D eigenvalue weighted by Crippen LogP contribution is -2.58. The number of halogens is 11. The summed E-state index contributed by atoms with van der Waals surface area (Å²) in [4.78, 5) is 0. The normalized spacial score (nSPS) is 15.6. The van der Waals surface area contributed by atoms with Crippen molar-refractivity contribution < 1.29 is 53.0 Å². The largest absolute Gasteiger partial charge is 0.462 e. The van der Waals surface area contributed by atoms with Gasteiger partial charge in [-0.3, -0.25) is 0 Å². The zero-order chi connectivity index (χ0) is 16.6. The lowest BCUT2D eigenvalue weighted by atomic mass is 10.2. The second kappa shape index (κ2) is 5.39. The average Bonchev–Trinajstić information content (AvgIpc) is 2.13. The number of hydrogen-bond acceptors (Lipinski definition) is 2. The molecule has 0 fully saturated rings. The van der Waals surface area contributed by atoms with Crippen LogP contribution in [0.5, 0.6) is 0 Å². The molecular weight excluding hydrogens is 341 g/mol. The molecule has 0 atom stereocenters. The predicted octanol–water partition coefficient (Wildman–Crippen LogP) is 4.34. The topological polar surface area (TPSA) is 9.23 Å². The average molecular weight is 346 g/mol. The van der Waals surface area contributed by atoms with Crippen LogP contribution in [0.3, 0.4) is 0 Å². The zero-order valence-corrected chi connectivity index (χ0v) is 9.82. The fourth-order valence-electron chi connectivity index (χ4n) is 0.751. The van der Waals surface area contributed by atoms with Crippen LogP contribution in [0.1, 0.15) is 6.42 Å². The van der Waals surface area contributed by atoms with E-state index in [1.807, 2.05) is 4.74 Å². The summed E-state index contributed by atoms with van der Waals surface area (Å²) in [5.41, 5.74) is 0. The van der Waals surface area contributed by atoms with Crippen molar-refractivity contribution in [3.63, 3.8) is 0 Å². The van der Waals surface area contributed by atoms with Gasteiger partial charge in [0.05, 0.1) is 0 Å². The Balaban J connectivity index is 5.38. The number of hydrogen-bond donors (Lipinski definition) is 1. The van der Waals surface area contributed by atoms with Crippen molar-refractivity contribution in [1.82, 2.24) is 0 Å². The van der Waals surface area contributed by atoms with Gasteiger partial charge in [0, 0.05) is 6.42 Å². The summed E-state index contributed by atoms with van der Waals surface area (Å²) in [7, 11) is 0. The van der Waals surface area contributed by atoms with Gasteiger partial charge in [-0.05, 0) is 5.75 Å². The van der Waals surface area contributed by atoms with E-state index in [1.165, 1.54) is 0 Å². The molecule has 1 nitrogen and oxygen atoms in total. The third-order valence-corrected chi connectivity index (χ3v) is 2.05. The molecule has 0 amide bonds. The fourth-order valence-corrected chi connectivity index (χ4v) is 1.03. The highest BCUT2D eigenvalue weighted by molar-refractivity contribution is 7.80. The van der Waals surface area contributed by atoms with E-state index in [-0.39, 0.29) is 0 Å². The van der Waals surface area contributed by atoms with E-state index in [9.17, 15) is 48.3 Å². The molecule has 0 aliphatic carbocycles. The molecule has 0 spiro atoms. The maximum absolute atomic E-state index is 12.6. The summed E-state index contributed by atoms with van der Waals surface area (Å²) in [6.45, 7) is 0. The molecule has 0 aliphatic heterocycles. The Labute approximate surface area is 109 Å². The number of ether oxygens (including phenoxy) is 1. The Morgan fingerprint density at radius 2 is 1.10 bits per heavy atom. The van der Waals surface area contributed by atoms with Gasteiger partial charge >= 0.3 is 30.2 Å². The van der Waals surface area contributed by atoms with Crippen molar-refractivity contribution in [3.8, 4) is 0 Å². The van der Waals surface area contributed by atoms with E-state index in [1.54, 1.807) is 0 Å². The monoisotopic (exact) mass is 346 g/mol. The zero-order valence-electron chi connectivity index (χ0n) is 8.93. The molecule has 20 heavy (non-hydrogen) atoms. The van der Waals surface area contributed by atoms with E-state index in [4.69, 9.17) is 0 Å². The van der Waals surface area contributed by atoms with Crippen molar-refractivity contribution in [1.29, 1.82) is 0 Å². The van der Waals surface area contributed by atoms with Crippen molar-refractivity contribution in [2.24, 2.45) is 0 Å². The van der Waals surface area contributed by atoms with Crippen molar-refractivity contribution in [2.75, 3.05) is 5.75 Å². The predicted molar refractivity (Wildman–Crippen MR) is 45.4 cm³/mol. The smallest absolute Gasteiger partial charge is 0.245 e. The quantitative estimate of drug-likeness (QED) is 0.556. The Kier molecular flexibility index (Phi) is 5.26.